The van der Waals surface area contributed by atoms with Crippen molar-refractivity contribution in [2.75, 3.05) is 22.9 Å². The van der Waals surface area contributed by atoms with Crippen LogP contribution < -0.4 is 22.9 Å². The SMILES string of the molecule is Nc1ccc(N)cc1.Nc1ccc(N)cc1.O. The van der Waals surface area contributed by atoms with E-state index in [4.69, 9.17) is 22.9 Å². The summed E-state index contributed by atoms with van der Waals surface area (Å²) in [6, 6.07) is 14.2. The Hall–Kier alpha value is -2.40. The number of nitrogens with two attached hydrogens (primary N) is 4. The molecule has 0 aromatic heterocycles. The Bertz CT molecular complexity index is 340. The van der Waals surface area contributed by atoms with Crippen molar-refractivity contribution in [3.8, 4) is 0 Å². The Kier molecular flexibility index (Phi) is 5.99. The summed E-state index contributed by atoms with van der Waals surface area (Å²) >= 11 is 0. The van der Waals surface area contributed by atoms with Gasteiger partial charge in [0.2, 0.25) is 0 Å². The van der Waals surface area contributed by atoms with Gasteiger partial charge in [-0.2, -0.15) is 0 Å². The number of rotatable bonds is 0. The van der Waals surface area contributed by atoms with Crippen molar-refractivity contribution in [1.82, 2.24) is 0 Å². The molecule has 0 bridgehead atoms. The molecule has 0 unspecified atom stereocenters. The largest absolute Gasteiger partial charge is 0.412 e. The van der Waals surface area contributed by atoms with Crippen LogP contribution in [0.15, 0.2) is 48.5 Å². The summed E-state index contributed by atoms with van der Waals surface area (Å²) in [5.41, 5.74) is 24.5. The third-order valence-electron chi connectivity index (χ3n) is 1.87. The summed E-state index contributed by atoms with van der Waals surface area (Å²) in [4.78, 5) is 0. The van der Waals surface area contributed by atoms with Crippen LogP contribution in [0.25, 0.3) is 0 Å². The van der Waals surface area contributed by atoms with Crippen LogP contribution in [0.4, 0.5) is 22.7 Å². The van der Waals surface area contributed by atoms with E-state index < -0.39 is 0 Å². The van der Waals surface area contributed by atoms with Crippen LogP contribution in [0.1, 0.15) is 0 Å². The van der Waals surface area contributed by atoms with E-state index in [-0.39, 0.29) is 5.48 Å². The summed E-state index contributed by atoms with van der Waals surface area (Å²) in [5, 5.41) is 0. The molecule has 5 heteroatoms. The zero-order chi connectivity index (χ0) is 12.0. The van der Waals surface area contributed by atoms with Gasteiger partial charge in [-0.05, 0) is 48.5 Å². The van der Waals surface area contributed by atoms with E-state index in [1.54, 1.807) is 48.5 Å². The fourth-order valence-corrected chi connectivity index (χ4v) is 0.992. The predicted octanol–water partition coefficient (Wildman–Crippen LogP) is 0.877. The molecule has 0 aliphatic heterocycles. The van der Waals surface area contributed by atoms with E-state index in [0.29, 0.717) is 0 Å². The van der Waals surface area contributed by atoms with Crippen LogP contribution in [0.2, 0.25) is 0 Å². The molecule has 0 atom stereocenters. The van der Waals surface area contributed by atoms with Gasteiger partial charge in [0.05, 0.1) is 0 Å². The maximum Gasteiger partial charge on any atom is 0.0315 e. The molecule has 0 fully saturated rings. The molecular formula is C12H18N4O. The predicted molar refractivity (Wildman–Crippen MR) is 74.1 cm³/mol. The molecule has 0 saturated carbocycles. The summed E-state index contributed by atoms with van der Waals surface area (Å²) in [7, 11) is 0. The molecule has 0 saturated heterocycles. The Morgan fingerprint density at radius 2 is 0.529 bits per heavy atom. The number of nitrogen functional groups attached to an aromatic ring is 4. The van der Waals surface area contributed by atoms with Crippen LogP contribution in [-0.4, -0.2) is 5.48 Å². The first-order valence-electron chi connectivity index (χ1n) is 4.80. The van der Waals surface area contributed by atoms with Crippen molar-refractivity contribution < 1.29 is 5.48 Å². The molecule has 5 nitrogen and oxygen atoms in total. The van der Waals surface area contributed by atoms with Gasteiger partial charge in [0.1, 0.15) is 0 Å². The van der Waals surface area contributed by atoms with Gasteiger partial charge in [-0.15, -0.1) is 0 Å². The van der Waals surface area contributed by atoms with E-state index in [0.717, 1.165) is 22.7 Å². The first-order chi connectivity index (χ1) is 7.58. The van der Waals surface area contributed by atoms with E-state index in [2.05, 4.69) is 0 Å². The minimum Gasteiger partial charge on any atom is -0.412 e. The van der Waals surface area contributed by atoms with Crippen molar-refractivity contribution in [2.45, 2.75) is 0 Å². The van der Waals surface area contributed by atoms with E-state index in [1.807, 2.05) is 0 Å². The lowest BCUT2D eigenvalue weighted by Gasteiger charge is -1.90. The van der Waals surface area contributed by atoms with Gasteiger partial charge in [-0.3, -0.25) is 0 Å². The second-order valence-corrected chi connectivity index (χ2v) is 3.33. The van der Waals surface area contributed by atoms with E-state index in [9.17, 15) is 0 Å². The molecule has 2 rings (SSSR count). The van der Waals surface area contributed by atoms with Crippen molar-refractivity contribution in [2.24, 2.45) is 0 Å². The molecule has 2 aromatic carbocycles. The molecule has 0 heterocycles. The highest BCUT2D eigenvalue weighted by atomic mass is 16.0. The number of hydrogen-bond acceptors (Lipinski definition) is 4. The summed E-state index contributed by atoms with van der Waals surface area (Å²) in [6.07, 6.45) is 0. The Labute approximate surface area is 100 Å². The Morgan fingerprint density at radius 1 is 0.412 bits per heavy atom. The standard InChI is InChI=1S/2C6H8N2.H2O/c2*7-5-1-2-6(8)4-3-5;/h2*1-4H,7-8H2;1H2. The van der Waals surface area contributed by atoms with Crippen LogP contribution in [0.5, 0.6) is 0 Å². The lowest BCUT2D eigenvalue weighted by atomic mass is 10.3. The maximum absolute atomic E-state index is 5.37. The summed E-state index contributed by atoms with van der Waals surface area (Å²) in [6.45, 7) is 0. The fraction of sp³-hybridized carbons (Fsp3) is 0. The zero-order valence-corrected chi connectivity index (χ0v) is 9.43. The van der Waals surface area contributed by atoms with Crippen molar-refractivity contribution in [3.05, 3.63) is 48.5 Å². The summed E-state index contributed by atoms with van der Waals surface area (Å²) in [5.74, 6) is 0. The molecule has 2 aromatic rings. The Morgan fingerprint density at radius 3 is 0.647 bits per heavy atom. The number of benzene rings is 2. The second-order valence-electron chi connectivity index (χ2n) is 3.33. The highest BCUT2D eigenvalue weighted by Gasteiger charge is 1.81. The highest BCUT2D eigenvalue weighted by Crippen LogP contribution is 2.05. The van der Waals surface area contributed by atoms with Gasteiger partial charge >= 0.3 is 0 Å². The number of anilines is 4. The van der Waals surface area contributed by atoms with Crippen LogP contribution in [0.3, 0.4) is 0 Å². The molecule has 10 N–H and O–H groups in total. The average molecular weight is 234 g/mol. The normalized spacial score (nSPS) is 8.47. The smallest absolute Gasteiger partial charge is 0.0315 e. The van der Waals surface area contributed by atoms with Crippen molar-refractivity contribution in [3.63, 3.8) is 0 Å². The molecule has 0 aliphatic rings. The highest BCUT2D eigenvalue weighted by molar-refractivity contribution is 5.48. The molecular weight excluding hydrogens is 216 g/mol. The van der Waals surface area contributed by atoms with Gasteiger partial charge in [0.15, 0.2) is 0 Å². The monoisotopic (exact) mass is 234 g/mol. The molecule has 0 radical (unpaired) electrons. The van der Waals surface area contributed by atoms with Crippen molar-refractivity contribution in [1.29, 1.82) is 0 Å². The lowest BCUT2D eigenvalue weighted by Crippen LogP contribution is -1.86. The minimum absolute atomic E-state index is 0. The van der Waals surface area contributed by atoms with Gasteiger partial charge < -0.3 is 28.4 Å². The zero-order valence-electron chi connectivity index (χ0n) is 9.43. The van der Waals surface area contributed by atoms with Crippen LogP contribution >= 0.6 is 0 Å². The molecule has 92 valence electrons. The van der Waals surface area contributed by atoms with Crippen LogP contribution in [-0.2, 0) is 0 Å². The van der Waals surface area contributed by atoms with Gasteiger partial charge in [0, 0.05) is 22.7 Å². The fourth-order valence-electron chi connectivity index (χ4n) is 0.992. The van der Waals surface area contributed by atoms with Gasteiger partial charge in [-0.25, -0.2) is 0 Å². The number of hydrogen-bond donors (Lipinski definition) is 4. The van der Waals surface area contributed by atoms with Gasteiger partial charge in [-0.1, -0.05) is 0 Å². The van der Waals surface area contributed by atoms with E-state index in [1.165, 1.54) is 0 Å². The molecule has 0 spiro atoms. The third-order valence-corrected chi connectivity index (χ3v) is 1.87. The Balaban J connectivity index is 0.000000284. The molecule has 17 heavy (non-hydrogen) atoms. The van der Waals surface area contributed by atoms with E-state index >= 15 is 0 Å². The van der Waals surface area contributed by atoms with Gasteiger partial charge in [0.25, 0.3) is 0 Å². The topological polar surface area (TPSA) is 136 Å². The first kappa shape index (κ1) is 14.6. The molecule has 0 aliphatic carbocycles. The van der Waals surface area contributed by atoms with Crippen molar-refractivity contribution >= 4 is 22.7 Å². The maximum atomic E-state index is 5.37. The quantitative estimate of drug-likeness (QED) is 0.503. The third kappa shape index (κ3) is 5.91. The average Bonchev–Trinajstić information content (AvgIpc) is 2.28. The second kappa shape index (κ2) is 6.97. The summed E-state index contributed by atoms with van der Waals surface area (Å²) < 4.78 is 0. The lowest BCUT2D eigenvalue weighted by molar-refractivity contribution is 0.824. The first-order valence-corrected chi connectivity index (χ1v) is 4.80. The minimum atomic E-state index is 0. The van der Waals surface area contributed by atoms with Crippen LogP contribution in [0, 0.1) is 0 Å². The molecule has 0 amide bonds.